The highest BCUT2D eigenvalue weighted by molar-refractivity contribution is 5.91. The molecule has 0 amide bonds. The van der Waals surface area contributed by atoms with Gasteiger partial charge in [-0.3, -0.25) is 28.7 Å². The van der Waals surface area contributed by atoms with Crippen LogP contribution >= 0.6 is 0 Å². The van der Waals surface area contributed by atoms with Gasteiger partial charge in [0.05, 0.1) is 23.3 Å². The fraction of sp³-hybridized carbons (Fsp3) is 0.295. The molecule has 22 nitrogen and oxygen atoms in total. The Morgan fingerprint density at radius 1 is 0.682 bits per heavy atom. The molecular weight excluding hydrogens is 869 g/mol. The Morgan fingerprint density at radius 2 is 1.11 bits per heavy atom. The monoisotopic (exact) mass is 910 g/mol. The molecule has 2 aliphatic rings. The van der Waals surface area contributed by atoms with Crippen LogP contribution in [0.3, 0.4) is 0 Å². The average molecular weight is 911 g/mol. The molecule has 7 rings (SSSR count). The van der Waals surface area contributed by atoms with E-state index in [1.165, 1.54) is 43.3 Å². The number of hydrogen-bond donors (Lipinski definition) is 6. The second-order valence-electron chi connectivity index (χ2n) is 14.6. The summed E-state index contributed by atoms with van der Waals surface area (Å²) in [6, 6.07) is 29.2. The zero-order valence-electron chi connectivity index (χ0n) is 35.2. The van der Waals surface area contributed by atoms with Crippen LogP contribution < -0.4 is 22.5 Å². The van der Waals surface area contributed by atoms with E-state index in [4.69, 9.17) is 33.9 Å². The van der Waals surface area contributed by atoms with Crippen LogP contribution in [0.5, 0.6) is 0 Å². The molecule has 344 valence electrons. The Labute approximate surface area is 372 Å². The fourth-order valence-corrected chi connectivity index (χ4v) is 7.20. The van der Waals surface area contributed by atoms with Crippen molar-refractivity contribution in [1.29, 1.82) is 10.5 Å². The van der Waals surface area contributed by atoms with Crippen molar-refractivity contribution in [2.75, 3.05) is 20.3 Å². The number of carbonyl (C=O) groups excluding carboxylic acids is 3. The number of nitrogens with one attached hydrogen (secondary N) is 2. The minimum atomic E-state index is -2.52. The summed E-state index contributed by atoms with van der Waals surface area (Å²) >= 11 is 0. The number of nitriles is 2. The maximum Gasteiger partial charge on any atom is 0.339 e. The zero-order chi connectivity index (χ0) is 48.5. The van der Waals surface area contributed by atoms with E-state index in [1.54, 1.807) is 60.7 Å². The Kier molecular flexibility index (Phi) is 15.2. The van der Waals surface area contributed by atoms with Crippen molar-refractivity contribution < 1.29 is 58.5 Å². The van der Waals surface area contributed by atoms with E-state index in [0.717, 1.165) is 43.1 Å². The number of aromatic amines is 2. The first kappa shape index (κ1) is 49.2. The predicted octanol–water partition coefficient (Wildman–Crippen LogP) is -0.365. The first-order valence-electron chi connectivity index (χ1n) is 19.5. The maximum atomic E-state index is 13.5. The van der Waals surface area contributed by atoms with Crippen molar-refractivity contribution in [3.8, 4) is 12.1 Å². The molecule has 6 N–H and O–H groups in total. The zero-order valence-corrected chi connectivity index (χ0v) is 35.2. The molecule has 2 aromatic heterocycles. The number of esters is 3. The normalized spacial score (nSPS) is 26.1. The number of carbonyl (C=O) groups is 3. The number of benzene rings is 3. The van der Waals surface area contributed by atoms with Gasteiger partial charge < -0.3 is 44.1 Å². The summed E-state index contributed by atoms with van der Waals surface area (Å²) in [6.07, 6.45) is -3.93. The molecule has 5 aromatic rings. The van der Waals surface area contributed by atoms with Crippen LogP contribution in [0.15, 0.2) is 135 Å². The minimum Gasteiger partial charge on any atom is -0.459 e. The van der Waals surface area contributed by atoms with Crippen LogP contribution in [-0.2, 0) is 35.1 Å². The summed E-state index contributed by atoms with van der Waals surface area (Å²) in [6.45, 7) is 1.13. The average Bonchev–Trinajstić information content (AvgIpc) is 3.68. The maximum absolute atomic E-state index is 13.5. The summed E-state index contributed by atoms with van der Waals surface area (Å²) in [5, 5.41) is 56.4. The Hall–Kier alpha value is -7.83. The second-order valence-corrected chi connectivity index (χ2v) is 14.6. The van der Waals surface area contributed by atoms with E-state index >= 15 is 0 Å². The van der Waals surface area contributed by atoms with Crippen LogP contribution in [0, 0.1) is 22.7 Å². The standard InChI is InChI=1S/C32H25N3O9.C11H13N3O6.CH4O/c1-31(44-29(39)23-15-9-4-10-16-23)26(42-28(38)22-13-7-3-8-14-22)24(19-41-27(37)21-11-5-2-6-12-21)43-32(31,20-33)35-18-17-25(36)34-30(35)40;1-10(19)8(17)6(4-15)20-11(10,5-12)14-3-2-7(16)13-9(14)18;1-2/h2-18,24,26H,19H2,1H3,(H,34,36,40);2-3,6,8,15,17,19H,4H2,1H3,(H,13,16,18);2H,1H3/t24-,26-,31-,32-;6-,8-,10-,11-;/m11./s1. The van der Waals surface area contributed by atoms with Gasteiger partial charge in [0.2, 0.25) is 5.60 Å². The quantitative estimate of drug-likeness (QED) is 0.0769. The summed E-state index contributed by atoms with van der Waals surface area (Å²) in [5.74, 6) is -2.55. The van der Waals surface area contributed by atoms with Gasteiger partial charge in [-0.15, -0.1) is 0 Å². The van der Waals surface area contributed by atoms with Gasteiger partial charge in [-0.05, 0) is 50.2 Å². The summed E-state index contributed by atoms with van der Waals surface area (Å²) in [4.78, 5) is 91.5. The van der Waals surface area contributed by atoms with Gasteiger partial charge in [-0.1, -0.05) is 54.6 Å². The molecule has 0 radical (unpaired) electrons. The molecule has 2 aliphatic heterocycles. The molecule has 4 heterocycles. The van der Waals surface area contributed by atoms with Gasteiger partial charge in [0, 0.05) is 31.6 Å². The van der Waals surface area contributed by atoms with Gasteiger partial charge >= 0.3 is 29.3 Å². The highest BCUT2D eigenvalue weighted by Gasteiger charge is 2.71. The molecule has 2 saturated heterocycles. The molecule has 3 aromatic carbocycles. The highest BCUT2D eigenvalue weighted by Crippen LogP contribution is 2.48. The van der Waals surface area contributed by atoms with Crippen molar-refractivity contribution >= 4 is 17.9 Å². The van der Waals surface area contributed by atoms with E-state index in [9.17, 15) is 54.3 Å². The van der Waals surface area contributed by atoms with Gasteiger partial charge in [-0.2, -0.15) is 10.5 Å². The lowest BCUT2D eigenvalue weighted by Crippen LogP contribution is -2.61. The van der Waals surface area contributed by atoms with Crippen molar-refractivity contribution in [2.24, 2.45) is 0 Å². The Morgan fingerprint density at radius 3 is 1.53 bits per heavy atom. The molecule has 0 aliphatic carbocycles. The smallest absolute Gasteiger partial charge is 0.339 e. The number of rotatable bonds is 10. The third kappa shape index (κ3) is 9.22. The number of ether oxygens (including phenoxy) is 5. The Bertz CT molecular complexity index is 2850. The third-order valence-electron chi connectivity index (χ3n) is 10.6. The summed E-state index contributed by atoms with van der Waals surface area (Å²) in [5.41, 5.74) is -12.3. The lowest BCUT2D eigenvalue weighted by atomic mass is 9.87. The number of hydrogen-bond acceptors (Lipinski definition) is 18. The van der Waals surface area contributed by atoms with Gasteiger partial charge in [-0.25, -0.2) is 24.0 Å². The van der Waals surface area contributed by atoms with E-state index in [-0.39, 0.29) is 16.7 Å². The van der Waals surface area contributed by atoms with E-state index in [0.29, 0.717) is 4.57 Å². The van der Waals surface area contributed by atoms with Gasteiger partial charge in [0.15, 0.2) is 11.7 Å². The first-order chi connectivity index (χ1) is 31.5. The molecular formula is C44H42N6O16. The number of aromatic nitrogens is 4. The van der Waals surface area contributed by atoms with E-state index in [1.807, 2.05) is 11.1 Å². The largest absolute Gasteiger partial charge is 0.459 e. The van der Waals surface area contributed by atoms with Crippen LogP contribution in [-0.4, -0.2) is 113 Å². The molecule has 0 bridgehead atoms. The van der Waals surface area contributed by atoms with Gasteiger partial charge in [0.1, 0.15) is 37.1 Å². The predicted molar refractivity (Wildman–Crippen MR) is 224 cm³/mol. The first-order valence-corrected chi connectivity index (χ1v) is 19.5. The number of aliphatic hydroxyl groups excluding tert-OH is 3. The van der Waals surface area contributed by atoms with Crippen molar-refractivity contribution in [3.05, 3.63) is 174 Å². The summed E-state index contributed by atoms with van der Waals surface area (Å²) < 4.78 is 30.1. The van der Waals surface area contributed by atoms with E-state index < -0.39 is 101 Å². The topological polar surface area (TPSA) is 336 Å². The third-order valence-corrected chi connectivity index (χ3v) is 10.6. The minimum absolute atomic E-state index is 0.0847. The Balaban J connectivity index is 0.000000310. The molecule has 0 saturated carbocycles. The molecule has 0 spiro atoms. The number of aliphatic hydroxyl groups is 4. The molecule has 8 atom stereocenters. The van der Waals surface area contributed by atoms with Crippen LogP contribution in [0.4, 0.5) is 0 Å². The molecule has 2 fully saturated rings. The second kappa shape index (κ2) is 20.3. The van der Waals surface area contributed by atoms with Crippen molar-refractivity contribution in [1.82, 2.24) is 19.1 Å². The highest BCUT2D eigenvalue weighted by atomic mass is 16.7. The molecule has 22 heteroatoms. The fourth-order valence-electron chi connectivity index (χ4n) is 7.20. The summed E-state index contributed by atoms with van der Waals surface area (Å²) in [7, 11) is 1.00. The molecule has 66 heavy (non-hydrogen) atoms. The van der Waals surface area contributed by atoms with E-state index in [2.05, 4.69) is 4.98 Å². The lowest BCUT2D eigenvalue weighted by Gasteiger charge is -2.38. The number of H-pyrrole nitrogens is 2. The van der Waals surface area contributed by atoms with Crippen LogP contribution in [0.25, 0.3) is 0 Å². The van der Waals surface area contributed by atoms with Gasteiger partial charge in [0.25, 0.3) is 22.6 Å². The molecule has 0 unspecified atom stereocenters. The SMILES string of the molecule is CO.C[C@@]1(O)[C@H](O)[C@@H](CO)O[C@@]1(C#N)n1ccc(=O)[nH]c1=O.C[C@@]1(OC(=O)c2ccccc2)[C@H](OC(=O)c2ccccc2)[C@@H](COC(=O)c2ccccc2)O[C@@]1(C#N)n1ccc(=O)[nH]c1=O. The van der Waals surface area contributed by atoms with Crippen molar-refractivity contribution in [3.63, 3.8) is 0 Å². The van der Waals surface area contributed by atoms with Crippen molar-refractivity contribution in [2.45, 2.75) is 60.9 Å². The number of nitrogens with zero attached hydrogens (tertiary/aromatic N) is 4. The van der Waals surface area contributed by atoms with Crippen LogP contribution in [0.2, 0.25) is 0 Å². The lowest BCUT2D eigenvalue weighted by molar-refractivity contribution is -0.156. The van der Waals surface area contributed by atoms with Crippen LogP contribution in [0.1, 0.15) is 44.9 Å².